The van der Waals surface area contributed by atoms with E-state index in [-0.39, 0.29) is 16.7 Å². The molecule has 9 nitrogen and oxygen atoms in total. The summed E-state index contributed by atoms with van der Waals surface area (Å²) in [5.41, 5.74) is 1.54. The molecule has 1 heterocycles. The highest BCUT2D eigenvalue weighted by Gasteiger charge is 2.16. The van der Waals surface area contributed by atoms with Crippen molar-refractivity contribution >= 4 is 45.6 Å². The molecular weight excluding hydrogens is 525 g/mol. The number of likely N-dealkylation sites (N-methyl/N-ethyl adjacent to an activating group) is 1. The van der Waals surface area contributed by atoms with E-state index in [1.807, 2.05) is 19.0 Å². The van der Waals surface area contributed by atoms with Gasteiger partial charge >= 0.3 is 0 Å². The van der Waals surface area contributed by atoms with Gasteiger partial charge in [-0.15, -0.1) is 0 Å². The van der Waals surface area contributed by atoms with E-state index in [9.17, 15) is 9.18 Å². The van der Waals surface area contributed by atoms with Crippen molar-refractivity contribution < 1.29 is 23.4 Å². The molecule has 202 valence electrons. The van der Waals surface area contributed by atoms with Crippen molar-refractivity contribution in [3.8, 4) is 23.0 Å². The van der Waals surface area contributed by atoms with Gasteiger partial charge in [-0.05, 0) is 38.4 Å². The maximum atomic E-state index is 13.6. The van der Waals surface area contributed by atoms with Crippen LogP contribution in [0.15, 0.2) is 67.0 Å². The van der Waals surface area contributed by atoms with Crippen LogP contribution in [0.2, 0.25) is 5.02 Å². The van der Waals surface area contributed by atoms with Gasteiger partial charge in [-0.25, -0.2) is 14.4 Å². The van der Waals surface area contributed by atoms with Crippen molar-refractivity contribution in [3.63, 3.8) is 0 Å². The Hall–Kier alpha value is -4.41. The minimum Gasteiger partial charge on any atom is -0.494 e. The highest BCUT2D eigenvalue weighted by atomic mass is 35.5. The molecule has 0 fully saturated rings. The molecule has 2 N–H and O–H groups in total. The maximum absolute atomic E-state index is 13.6. The standard InChI is InChI=1S/C28H27ClFN5O4/c1-35(2)10-6-9-27(36)33-22-12-19-21(14-25(22)37-3)31-16-32-28(19)34-23-13-20(29)24(15-26(23)38-4)39-18-8-5-7-17(30)11-18/h5-9,11-16H,10H2,1-4H3,(H,33,36)(H,31,32,34)/b9-6+. The number of hydrogen-bond acceptors (Lipinski definition) is 8. The van der Waals surface area contributed by atoms with E-state index in [0.29, 0.717) is 51.9 Å². The Bertz CT molecular complexity index is 1530. The molecular formula is C28H27ClFN5O4. The van der Waals surface area contributed by atoms with E-state index in [2.05, 4.69) is 20.6 Å². The molecule has 4 aromatic rings. The molecule has 0 unspecified atom stereocenters. The predicted octanol–water partition coefficient (Wildman–Crippen LogP) is 6.03. The van der Waals surface area contributed by atoms with Crippen molar-refractivity contribution in [2.24, 2.45) is 0 Å². The Morgan fingerprint density at radius 2 is 1.79 bits per heavy atom. The number of carbonyl (C=O) groups excluding carboxylic acids is 1. The first-order chi connectivity index (χ1) is 18.8. The second kappa shape index (κ2) is 12.4. The monoisotopic (exact) mass is 551 g/mol. The van der Waals surface area contributed by atoms with Gasteiger partial charge in [-0.1, -0.05) is 23.7 Å². The van der Waals surface area contributed by atoms with E-state index in [4.69, 9.17) is 25.8 Å². The summed E-state index contributed by atoms with van der Waals surface area (Å²) < 4.78 is 30.4. The molecule has 1 amide bonds. The topological polar surface area (TPSA) is 97.8 Å². The number of amides is 1. The van der Waals surface area contributed by atoms with Crippen LogP contribution in [-0.4, -0.2) is 55.6 Å². The van der Waals surface area contributed by atoms with Crippen LogP contribution >= 0.6 is 11.6 Å². The van der Waals surface area contributed by atoms with Crippen molar-refractivity contribution in [3.05, 3.63) is 77.9 Å². The summed E-state index contributed by atoms with van der Waals surface area (Å²) in [6.45, 7) is 0.626. The number of hydrogen-bond donors (Lipinski definition) is 2. The van der Waals surface area contributed by atoms with E-state index in [1.165, 1.54) is 44.8 Å². The molecule has 0 aliphatic rings. The summed E-state index contributed by atoms with van der Waals surface area (Å²) in [6, 6.07) is 12.4. The van der Waals surface area contributed by atoms with Gasteiger partial charge < -0.3 is 29.7 Å². The van der Waals surface area contributed by atoms with Gasteiger partial charge in [0.05, 0.1) is 36.1 Å². The van der Waals surface area contributed by atoms with Crippen LogP contribution in [0.3, 0.4) is 0 Å². The molecule has 0 aliphatic heterocycles. The number of nitrogens with zero attached hydrogens (tertiary/aromatic N) is 3. The number of nitrogens with one attached hydrogen (secondary N) is 2. The van der Waals surface area contributed by atoms with E-state index < -0.39 is 5.82 Å². The zero-order chi connectivity index (χ0) is 27.9. The third-order valence-electron chi connectivity index (χ3n) is 5.49. The minimum atomic E-state index is -0.429. The number of methoxy groups -OCH3 is 2. The maximum Gasteiger partial charge on any atom is 0.248 e. The molecule has 39 heavy (non-hydrogen) atoms. The molecule has 0 spiro atoms. The van der Waals surface area contributed by atoms with Gasteiger partial charge in [0.1, 0.15) is 41.0 Å². The fourth-order valence-corrected chi connectivity index (χ4v) is 3.86. The van der Waals surface area contributed by atoms with Gasteiger partial charge in [0, 0.05) is 36.2 Å². The van der Waals surface area contributed by atoms with Gasteiger partial charge in [0.2, 0.25) is 5.91 Å². The van der Waals surface area contributed by atoms with Gasteiger partial charge in [-0.2, -0.15) is 0 Å². The first kappa shape index (κ1) is 27.6. The molecule has 0 saturated carbocycles. The summed E-state index contributed by atoms with van der Waals surface area (Å²) in [4.78, 5) is 23.2. The van der Waals surface area contributed by atoms with Gasteiger partial charge in [0.15, 0.2) is 0 Å². The Morgan fingerprint density at radius 3 is 2.51 bits per heavy atom. The quantitative estimate of drug-likeness (QED) is 0.230. The number of ether oxygens (including phenoxy) is 3. The lowest BCUT2D eigenvalue weighted by atomic mass is 10.1. The van der Waals surface area contributed by atoms with Gasteiger partial charge in [0.25, 0.3) is 0 Å². The van der Waals surface area contributed by atoms with Crippen LogP contribution in [0.4, 0.5) is 21.6 Å². The molecule has 4 rings (SSSR count). The highest BCUT2D eigenvalue weighted by molar-refractivity contribution is 6.32. The molecule has 0 aliphatic carbocycles. The fraction of sp³-hybridized carbons (Fsp3) is 0.179. The molecule has 1 aromatic heterocycles. The molecule has 11 heteroatoms. The minimum absolute atomic E-state index is 0.264. The van der Waals surface area contributed by atoms with E-state index in [1.54, 1.807) is 36.4 Å². The number of aromatic nitrogens is 2. The Morgan fingerprint density at radius 1 is 1.03 bits per heavy atom. The van der Waals surface area contributed by atoms with Crippen molar-refractivity contribution in [1.29, 1.82) is 0 Å². The molecule has 0 atom stereocenters. The largest absolute Gasteiger partial charge is 0.494 e. The van der Waals surface area contributed by atoms with Gasteiger partial charge in [-0.3, -0.25) is 4.79 Å². The van der Waals surface area contributed by atoms with Crippen molar-refractivity contribution in [2.45, 2.75) is 0 Å². The first-order valence-corrected chi connectivity index (χ1v) is 12.2. The number of halogens is 2. The second-order valence-corrected chi connectivity index (χ2v) is 9.02. The van der Waals surface area contributed by atoms with Crippen LogP contribution in [0, 0.1) is 5.82 Å². The van der Waals surface area contributed by atoms with Crippen molar-refractivity contribution in [1.82, 2.24) is 14.9 Å². The average molecular weight is 552 g/mol. The summed E-state index contributed by atoms with van der Waals surface area (Å²) >= 11 is 6.50. The Labute approximate surface area is 230 Å². The number of anilines is 3. The van der Waals surface area contributed by atoms with Crippen LogP contribution in [0.25, 0.3) is 10.9 Å². The van der Waals surface area contributed by atoms with Crippen molar-refractivity contribution in [2.75, 3.05) is 45.5 Å². The molecule has 0 bridgehead atoms. The zero-order valence-electron chi connectivity index (χ0n) is 21.8. The number of rotatable bonds is 10. The SMILES string of the molecule is COc1cc2ncnc(Nc3cc(Cl)c(Oc4cccc(F)c4)cc3OC)c2cc1NC(=O)/C=C/CN(C)C. The second-order valence-electron chi connectivity index (χ2n) is 8.61. The lowest BCUT2D eigenvalue weighted by Gasteiger charge is -2.16. The number of carbonyl (C=O) groups is 1. The van der Waals surface area contributed by atoms with E-state index >= 15 is 0 Å². The zero-order valence-corrected chi connectivity index (χ0v) is 22.5. The number of benzene rings is 3. The summed E-state index contributed by atoms with van der Waals surface area (Å²) in [5, 5.41) is 6.95. The smallest absolute Gasteiger partial charge is 0.248 e. The normalized spacial score (nSPS) is 11.2. The molecule has 0 radical (unpaired) electrons. The average Bonchev–Trinajstić information content (AvgIpc) is 2.90. The lowest BCUT2D eigenvalue weighted by molar-refractivity contribution is -0.111. The predicted molar refractivity (Wildman–Crippen MR) is 150 cm³/mol. The van der Waals surface area contributed by atoms with Crippen LogP contribution in [-0.2, 0) is 4.79 Å². The first-order valence-electron chi connectivity index (χ1n) is 11.8. The third-order valence-corrected chi connectivity index (χ3v) is 5.78. The third kappa shape index (κ3) is 6.92. The number of fused-ring (bicyclic) bond motifs is 1. The Balaban J connectivity index is 1.66. The molecule has 0 saturated heterocycles. The van der Waals surface area contributed by atoms with E-state index in [0.717, 1.165) is 0 Å². The fourth-order valence-electron chi connectivity index (χ4n) is 3.66. The highest BCUT2D eigenvalue weighted by Crippen LogP contribution is 2.40. The lowest BCUT2D eigenvalue weighted by Crippen LogP contribution is -2.13. The van der Waals surface area contributed by atoms with Crippen LogP contribution < -0.4 is 24.8 Å². The van der Waals surface area contributed by atoms with Crippen LogP contribution in [0.1, 0.15) is 0 Å². The summed E-state index contributed by atoms with van der Waals surface area (Å²) in [6.07, 6.45) is 4.63. The van der Waals surface area contributed by atoms with Crippen LogP contribution in [0.5, 0.6) is 23.0 Å². The summed E-state index contributed by atoms with van der Waals surface area (Å²) in [7, 11) is 6.84. The molecule has 3 aromatic carbocycles. The summed E-state index contributed by atoms with van der Waals surface area (Å²) in [5.74, 6) is 1.14. The Kier molecular flexibility index (Phi) is 8.80.